The van der Waals surface area contributed by atoms with Gasteiger partial charge in [-0.2, -0.15) is 0 Å². The number of hydrogen-bond donors (Lipinski definition) is 1. The lowest BCUT2D eigenvalue weighted by Gasteiger charge is -2.06. The van der Waals surface area contributed by atoms with E-state index < -0.39 is 16.7 Å². The molecular weight excluding hydrogens is 318 g/mol. The Bertz CT molecular complexity index is 763. The van der Waals surface area contributed by atoms with Crippen molar-refractivity contribution in [2.75, 3.05) is 11.6 Å². The SMILES string of the molecule is C[S@](=O)Cc1cc(NC(=O)C#Cc2ccccc2)ccc1Cl. The van der Waals surface area contributed by atoms with Crippen LogP contribution < -0.4 is 5.32 Å². The first kappa shape index (κ1) is 16.3. The van der Waals surface area contributed by atoms with E-state index in [0.29, 0.717) is 16.5 Å². The van der Waals surface area contributed by atoms with Gasteiger partial charge in [0.05, 0.1) is 0 Å². The predicted molar refractivity (Wildman–Crippen MR) is 91.2 cm³/mol. The predicted octanol–water partition coefficient (Wildman–Crippen LogP) is 3.21. The van der Waals surface area contributed by atoms with Gasteiger partial charge in [0.2, 0.25) is 0 Å². The number of rotatable bonds is 3. The molecule has 0 heterocycles. The van der Waals surface area contributed by atoms with Crippen LogP contribution in [0.3, 0.4) is 0 Å². The summed E-state index contributed by atoms with van der Waals surface area (Å²) in [5.41, 5.74) is 2.09. The highest BCUT2D eigenvalue weighted by Gasteiger charge is 2.05. The van der Waals surface area contributed by atoms with Crippen molar-refractivity contribution in [3.8, 4) is 11.8 Å². The van der Waals surface area contributed by atoms with Crippen molar-refractivity contribution in [3.63, 3.8) is 0 Å². The highest BCUT2D eigenvalue weighted by molar-refractivity contribution is 7.83. The molecule has 0 saturated heterocycles. The molecular formula is C17H14ClNO2S. The normalized spacial score (nSPS) is 11.2. The Balaban J connectivity index is 2.09. The third-order valence-electron chi connectivity index (χ3n) is 2.76. The largest absolute Gasteiger partial charge is 0.315 e. The zero-order valence-electron chi connectivity index (χ0n) is 11.9. The maximum absolute atomic E-state index is 11.8. The summed E-state index contributed by atoms with van der Waals surface area (Å²) in [4.78, 5) is 11.8. The van der Waals surface area contributed by atoms with Gasteiger partial charge in [0, 0.05) is 45.0 Å². The van der Waals surface area contributed by atoms with E-state index in [1.165, 1.54) is 0 Å². The Hall–Kier alpha value is -2.09. The van der Waals surface area contributed by atoms with Crippen molar-refractivity contribution < 1.29 is 9.00 Å². The summed E-state index contributed by atoms with van der Waals surface area (Å²) in [6, 6.07) is 14.3. The molecule has 0 aliphatic heterocycles. The summed E-state index contributed by atoms with van der Waals surface area (Å²) in [6.07, 6.45) is 1.60. The van der Waals surface area contributed by atoms with Crippen molar-refractivity contribution >= 4 is 34.0 Å². The molecule has 1 amide bonds. The monoisotopic (exact) mass is 331 g/mol. The second kappa shape index (κ2) is 7.79. The van der Waals surface area contributed by atoms with Gasteiger partial charge in [-0.25, -0.2) is 0 Å². The first-order valence-corrected chi connectivity index (χ1v) is 8.61. The Morgan fingerprint density at radius 2 is 1.95 bits per heavy atom. The molecule has 0 bridgehead atoms. The highest BCUT2D eigenvalue weighted by atomic mass is 35.5. The van der Waals surface area contributed by atoms with E-state index in [1.807, 2.05) is 30.3 Å². The number of anilines is 1. The Kier molecular flexibility index (Phi) is 5.76. The van der Waals surface area contributed by atoms with Crippen LogP contribution in [0.2, 0.25) is 5.02 Å². The van der Waals surface area contributed by atoms with Gasteiger partial charge >= 0.3 is 5.91 Å². The smallest absolute Gasteiger partial charge is 0.300 e. The average Bonchev–Trinajstić information content (AvgIpc) is 2.49. The van der Waals surface area contributed by atoms with Gasteiger partial charge in [-0.15, -0.1) is 0 Å². The molecule has 1 atom stereocenters. The van der Waals surface area contributed by atoms with E-state index in [2.05, 4.69) is 17.2 Å². The van der Waals surface area contributed by atoms with Gasteiger partial charge in [-0.05, 0) is 35.9 Å². The van der Waals surface area contributed by atoms with Gasteiger partial charge in [-0.1, -0.05) is 35.7 Å². The third kappa shape index (κ3) is 5.03. The van der Waals surface area contributed by atoms with Gasteiger partial charge in [0.1, 0.15) is 0 Å². The van der Waals surface area contributed by atoms with Gasteiger partial charge in [0.25, 0.3) is 0 Å². The van der Waals surface area contributed by atoms with Crippen LogP contribution in [0.5, 0.6) is 0 Å². The second-order valence-corrected chi connectivity index (χ2v) is 6.44. The molecule has 0 radical (unpaired) electrons. The zero-order chi connectivity index (χ0) is 15.9. The molecule has 0 unspecified atom stereocenters. The molecule has 0 saturated carbocycles. The van der Waals surface area contributed by atoms with Gasteiger partial charge < -0.3 is 5.32 Å². The first-order chi connectivity index (χ1) is 10.5. The van der Waals surface area contributed by atoms with Crippen LogP contribution in [-0.4, -0.2) is 16.4 Å². The number of carbonyl (C=O) groups excluding carboxylic acids is 1. The molecule has 2 rings (SSSR count). The Morgan fingerprint density at radius 3 is 2.64 bits per heavy atom. The van der Waals surface area contributed by atoms with E-state index in [9.17, 15) is 9.00 Å². The van der Waals surface area contributed by atoms with Crippen molar-refractivity contribution in [3.05, 3.63) is 64.7 Å². The lowest BCUT2D eigenvalue weighted by atomic mass is 10.2. The quantitative estimate of drug-likeness (QED) is 0.878. The maximum atomic E-state index is 11.8. The first-order valence-electron chi connectivity index (χ1n) is 6.51. The van der Waals surface area contributed by atoms with Crippen molar-refractivity contribution in [2.24, 2.45) is 0 Å². The van der Waals surface area contributed by atoms with Crippen LogP contribution in [0.1, 0.15) is 11.1 Å². The molecule has 22 heavy (non-hydrogen) atoms. The molecule has 0 fully saturated rings. The van der Waals surface area contributed by atoms with Crippen LogP contribution >= 0.6 is 11.6 Å². The highest BCUT2D eigenvalue weighted by Crippen LogP contribution is 2.21. The molecule has 3 nitrogen and oxygen atoms in total. The molecule has 1 N–H and O–H groups in total. The van der Waals surface area contributed by atoms with Crippen LogP contribution in [-0.2, 0) is 21.3 Å². The molecule has 0 aromatic heterocycles. The van der Waals surface area contributed by atoms with Gasteiger partial charge in [0.15, 0.2) is 0 Å². The number of benzene rings is 2. The number of hydrogen-bond acceptors (Lipinski definition) is 2. The van der Waals surface area contributed by atoms with E-state index in [-0.39, 0.29) is 0 Å². The summed E-state index contributed by atoms with van der Waals surface area (Å²) >= 11 is 6.04. The molecule has 2 aromatic carbocycles. The fourth-order valence-electron chi connectivity index (χ4n) is 1.79. The van der Waals surface area contributed by atoms with Crippen molar-refractivity contribution in [1.29, 1.82) is 0 Å². The van der Waals surface area contributed by atoms with Crippen LogP contribution in [0.15, 0.2) is 48.5 Å². The molecule has 0 spiro atoms. The minimum atomic E-state index is -1.00. The molecule has 5 heteroatoms. The minimum Gasteiger partial charge on any atom is -0.315 e. The van der Waals surface area contributed by atoms with E-state index in [0.717, 1.165) is 11.1 Å². The topological polar surface area (TPSA) is 46.2 Å². The molecule has 2 aromatic rings. The molecule has 0 aliphatic rings. The Labute approximate surface area is 137 Å². The minimum absolute atomic E-state index is 0.345. The summed E-state index contributed by atoms with van der Waals surface area (Å²) in [5.74, 6) is 5.25. The second-order valence-electron chi connectivity index (χ2n) is 4.59. The van der Waals surface area contributed by atoms with Crippen molar-refractivity contribution in [2.45, 2.75) is 5.75 Å². The molecule has 112 valence electrons. The number of nitrogens with one attached hydrogen (secondary N) is 1. The van der Waals surface area contributed by atoms with Crippen molar-refractivity contribution in [1.82, 2.24) is 0 Å². The summed E-state index contributed by atoms with van der Waals surface area (Å²) in [7, 11) is -1.00. The lowest BCUT2D eigenvalue weighted by Crippen LogP contribution is -2.09. The van der Waals surface area contributed by atoms with E-state index in [1.54, 1.807) is 24.5 Å². The Morgan fingerprint density at radius 1 is 1.23 bits per heavy atom. The van der Waals surface area contributed by atoms with Crippen LogP contribution in [0, 0.1) is 11.8 Å². The lowest BCUT2D eigenvalue weighted by molar-refractivity contribution is -0.111. The average molecular weight is 332 g/mol. The zero-order valence-corrected chi connectivity index (χ0v) is 13.5. The molecule has 0 aliphatic carbocycles. The van der Waals surface area contributed by atoms with Crippen LogP contribution in [0.4, 0.5) is 5.69 Å². The summed E-state index contributed by atoms with van der Waals surface area (Å²) in [5, 5.41) is 3.21. The fourth-order valence-corrected chi connectivity index (χ4v) is 2.74. The summed E-state index contributed by atoms with van der Waals surface area (Å²) < 4.78 is 11.3. The number of carbonyl (C=O) groups is 1. The summed E-state index contributed by atoms with van der Waals surface area (Å²) in [6.45, 7) is 0. The maximum Gasteiger partial charge on any atom is 0.300 e. The third-order valence-corrected chi connectivity index (χ3v) is 3.84. The number of amides is 1. The number of halogens is 1. The van der Waals surface area contributed by atoms with E-state index >= 15 is 0 Å². The van der Waals surface area contributed by atoms with Crippen LogP contribution in [0.25, 0.3) is 0 Å². The van der Waals surface area contributed by atoms with Gasteiger partial charge in [-0.3, -0.25) is 9.00 Å². The fraction of sp³-hybridized carbons (Fsp3) is 0.118. The standard InChI is InChI=1S/C17H14ClNO2S/c1-22(21)12-14-11-15(8-9-16(14)18)19-17(20)10-7-13-5-3-2-4-6-13/h2-6,8-9,11H,12H2,1H3,(H,19,20)/t22-/m0/s1. The van der Waals surface area contributed by atoms with E-state index in [4.69, 9.17) is 11.6 Å².